The van der Waals surface area contributed by atoms with Crippen molar-refractivity contribution in [3.8, 4) is 17.1 Å². The molecule has 1 aromatic heterocycles. The molecule has 0 fully saturated rings. The zero-order chi connectivity index (χ0) is 49.0. The third-order valence-electron chi connectivity index (χ3n) is 10.8. The van der Waals surface area contributed by atoms with Crippen LogP contribution < -0.4 is 20.7 Å². The quantitative estimate of drug-likeness (QED) is 0.0164. The van der Waals surface area contributed by atoms with Gasteiger partial charge in [-0.25, -0.2) is 4.79 Å². The molecule has 0 saturated heterocycles. The molecule has 1 heterocycles. The number of hydrogen-bond acceptors (Lipinski definition) is 13. The predicted molar refractivity (Wildman–Crippen MR) is 251 cm³/mol. The van der Waals surface area contributed by atoms with Gasteiger partial charge in [0.25, 0.3) is 5.91 Å². The van der Waals surface area contributed by atoms with E-state index in [1.165, 1.54) is 6.07 Å². The van der Waals surface area contributed by atoms with Crippen LogP contribution in [0.15, 0.2) is 95.4 Å². The Balaban J connectivity index is 0.000000417. The standard InChI is InChI=1S/C32H45N3O8.C19H21NO4/c1-6-11-12-13-25(26(9-4)35(21-37)43-32(40)22(7-2)8-3)30(38)33-20-34-31(39)28-17-16-27(42-28)23-14-15-24(19-36)29(18-23)41-10-5;1-20-17(19(22)24-14-16-10-6-3-7-11-16)12-18(21)23-13-15-8-4-2-5-9-15/h14-19,21-22,25-26H,6-13,20H2,1-5H3,(H,33,38)(H,34,39);2-11,17,20H,12-14H2,1H3. The summed E-state index contributed by atoms with van der Waals surface area (Å²) in [6.45, 7) is 10.0. The number of esters is 2. The lowest BCUT2D eigenvalue weighted by molar-refractivity contribution is -0.208. The number of rotatable bonds is 28. The number of nitrogens with zero attached hydrogens (tertiary/aromatic N) is 1. The number of likely N-dealkylation sites (N-methyl/N-ethyl adjacent to an activating group) is 1. The number of unbranched alkanes of at least 4 members (excludes halogenated alkanes) is 2. The SMILES string of the molecule is CCCCCC(C(=O)NCNC(=O)c1ccc(-c2ccc(C=O)c(OCC)c2)o1)C(CC)N(C=O)OC(=O)C(CC)CC.CNC(CC(=O)OCc1ccccc1)C(=O)OCc1ccccc1. The molecule has 67 heavy (non-hydrogen) atoms. The summed E-state index contributed by atoms with van der Waals surface area (Å²) in [7, 11) is 1.61. The van der Waals surface area contributed by atoms with Gasteiger partial charge in [-0.3, -0.25) is 28.8 Å². The summed E-state index contributed by atoms with van der Waals surface area (Å²) in [5.74, 6) is -2.46. The molecular weight excluding hydrogens is 861 g/mol. The van der Waals surface area contributed by atoms with E-state index in [-0.39, 0.29) is 43.9 Å². The zero-order valence-electron chi connectivity index (χ0n) is 39.5. The molecule has 3 aromatic carbocycles. The highest BCUT2D eigenvalue weighted by Gasteiger charge is 2.34. The summed E-state index contributed by atoms with van der Waals surface area (Å²) >= 11 is 0. The summed E-state index contributed by atoms with van der Waals surface area (Å²) in [5, 5.41) is 9.12. The Morgan fingerprint density at radius 1 is 0.746 bits per heavy atom. The van der Waals surface area contributed by atoms with Crippen LogP contribution in [-0.4, -0.2) is 79.9 Å². The van der Waals surface area contributed by atoms with Gasteiger partial charge < -0.3 is 39.4 Å². The molecule has 3 amide bonds. The number of carbonyl (C=O) groups is 7. The molecule has 362 valence electrons. The topological polar surface area (TPSA) is 209 Å². The van der Waals surface area contributed by atoms with Crippen molar-refractivity contribution in [3.63, 3.8) is 0 Å². The Hall–Kier alpha value is -6.81. The van der Waals surface area contributed by atoms with Gasteiger partial charge in [0.1, 0.15) is 30.8 Å². The van der Waals surface area contributed by atoms with Crippen molar-refractivity contribution < 1.29 is 57.0 Å². The van der Waals surface area contributed by atoms with Crippen LogP contribution in [0.5, 0.6) is 5.75 Å². The van der Waals surface area contributed by atoms with Crippen molar-refractivity contribution in [2.75, 3.05) is 20.3 Å². The summed E-state index contributed by atoms with van der Waals surface area (Å²) < 4.78 is 21.7. The summed E-state index contributed by atoms with van der Waals surface area (Å²) in [5.41, 5.74) is 2.84. The molecule has 4 rings (SSSR count). The van der Waals surface area contributed by atoms with Crippen LogP contribution in [0.2, 0.25) is 0 Å². The lowest BCUT2D eigenvalue weighted by Crippen LogP contribution is -2.49. The highest BCUT2D eigenvalue weighted by Crippen LogP contribution is 2.29. The van der Waals surface area contributed by atoms with Gasteiger partial charge in [-0.05, 0) is 75.0 Å². The number of hydroxylamine groups is 2. The summed E-state index contributed by atoms with van der Waals surface area (Å²) in [6.07, 6.45) is 5.71. The Kier molecular flexibility index (Phi) is 24.7. The first kappa shape index (κ1) is 54.5. The van der Waals surface area contributed by atoms with Crippen molar-refractivity contribution in [2.45, 2.75) is 111 Å². The largest absolute Gasteiger partial charge is 0.493 e. The second-order valence-electron chi connectivity index (χ2n) is 15.4. The molecule has 0 saturated carbocycles. The fourth-order valence-corrected chi connectivity index (χ4v) is 6.93. The Bertz CT molecular complexity index is 2140. The minimum atomic E-state index is -0.725. The normalized spacial score (nSPS) is 12.0. The van der Waals surface area contributed by atoms with Gasteiger partial charge in [0, 0.05) is 5.56 Å². The maximum Gasteiger partial charge on any atom is 0.335 e. The number of amides is 3. The maximum absolute atomic E-state index is 13.3. The highest BCUT2D eigenvalue weighted by atomic mass is 16.7. The van der Waals surface area contributed by atoms with Crippen LogP contribution in [-0.2, 0) is 51.5 Å². The van der Waals surface area contributed by atoms with Gasteiger partial charge in [-0.2, -0.15) is 5.06 Å². The van der Waals surface area contributed by atoms with Gasteiger partial charge in [0.15, 0.2) is 12.0 Å². The van der Waals surface area contributed by atoms with E-state index in [2.05, 4.69) is 22.9 Å². The molecular formula is C51H66N4O12. The second-order valence-corrected chi connectivity index (χ2v) is 15.4. The van der Waals surface area contributed by atoms with Gasteiger partial charge in [0.05, 0.1) is 43.1 Å². The Morgan fingerprint density at radius 3 is 1.97 bits per heavy atom. The fraction of sp³-hybridized carbons (Fsp3) is 0.431. The van der Waals surface area contributed by atoms with E-state index in [0.717, 1.165) is 35.5 Å². The van der Waals surface area contributed by atoms with Gasteiger partial charge in [0.2, 0.25) is 12.3 Å². The van der Waals surface area contributed by atoms with Gasteiger partial charge in [-0.15, -0.1) is 0 Å². The van der Waals surface area contributed by atoms with Crippen LogP contribution in [0.25, 0.3) is 11.3 Å². The molecule has 0 aliphatic carbocycles. The summed E-state index contributed by atoms with van der Waals surface area (Å²) in [4.78, 5) is 91.3. The molecule has 3 N–H and O–H groups in total. The maximum atomic E-state index is 13.3. The molecule has 4 aromatic rings. The monoisotopic (exact) mass is 926 g/mol. The van der Waals surface area contributed by atoms with E-state index in [1.54, 1.807) is 31.3 Å². The average molecular weight is 927 g/mol. The molecule has 3 unspecified atom stereocenters. The summed E-state index contributed by atoms with van der Waals surface area (Å²) in [6, 6.07) is 25.5. The molecule has 0 aliphatic rings. The first-order valence-corrected chi connectivity index (χ1v) is 22.9. The number of nitrogens with one attached hydrogen (secondary N) is 3. The highest BCUT2D eigenvalue weighted by molar-refractivity contribution is 5.92. The van der Waals surface area contributed by atoms with Crippen molar-refractivity contribution in [3.05, 3.63) is 113 Å². The van der Waals surface area contributed by atoms with Crippen molar-refractivity contribution in [2.24, 2.45) is 11.8 Å². The lowest BCUT2D eigenvalue weighted by atomic mass is 9.90. The van der Waals surface area contributed by atoms with Crippen LogP contribution in [0.4, 0.5) is 0 Å². The Labute approximate surface area is 393 Å². The molecule has 16 nitrogen and oxygen atoms in total. The van der Waals surface area contributed by atoms with Crippen LogP contribution in [0, 0.1) is 11.8 Å². The molecule has 0 aliphatic heterocycles. The van der Waals surface area contributed by atoms with E-state index in [0.29, 0.717) is 67.6 Å². The van der Waals surface area contributed by atoms with Gasteiger partial charge in [-0.1, -0.05) is 114 Å². The molecule has 3 atom stereocenters. The van der Waals surface area contributed by atoms with E-state index in [9.17, 15) is 33.6 Å². The molecule has 0 bridgehead atoms. The van der Waals surface area contributed by atoms with Crippen LogP contribution >= 0.6 is 0 Å². The van der Waals surface area contributed by atoms with Crippen LogP contribution in [0.1, 0.15) is 118 Å². The van der Waals surface area contributed by atoms with Crippen molar-refractivity contribution in [1.29, 1.82) is 0 Å². The number of aldehydes is 1. The smallest absolute Gasteiger partial charge is 0.335 e. The minimum Gasteiger partial charge on any atom is -0.493 e. The number of hydrogen-bond donors (Lipinski definition) is 3. The number of carbonyl (C=O) groups excluding carboxylic acids is 7. The third kappa shape index (κ3) is 18.2. The van der Waals surface area contributed by atoms with Crippen molar-refractivity contribution >= 4 is 42.4 Å². The van der Waals surface area contributed by atoms with E-state index < -0.39 is 41.8 Å². The van der Waals surface area contributed by atoms with Crippen LogP contribution in [0.3, 0.4) is 0 Å². The molecule has 0 spiro atoms. The minimum absolute atomic E-state index is 0.0352. The second kappa shape index (κ2) is 30.4. The molecule has 16 heteroatoms. The predicted octanol–water partition coefficient (Wildman–Crippen LogP) is 7.74. The van der Waals surface area contributed by atoms with E-state index in [1.807, 2.05) is 88.4 Å². The van der Waals surface area contributed by atoms with E-state index >= 15 is 0 Å². The average Bonchev–Trinajstić information content (AvgIpc) is 3.86. The first-order chi connectivity index (χ1) is 32.5. The third-order valence-corrected chi connectivity index (χ3v) is 10.8. The number of benzene rings is 3. The fourth-order valence-electron chi connectivity index (χ4n) is 6.93. The molecule has 0 radical (unpaired) electrons. The van der Waals surface area contributed by atoms with E-state index in [4.69, 9.17) is 23.5 Å². The Morgan fingerprint density at radius 2 is 1.40 bits per heavy atom. The lowest BCUT2D eigenvalue weighted by Gasteiger charge is -2.32. The number of furan rings is 1. The van der Waals surface area contributed by atoms with Gasteiger partial charge >= 0.3 is 17.9 Å². The van der Waals surface area contributed by atoms with Crippen molar-refractivity contribution in [1.82, 2.24) is 21.0 Å². The number of ether oxygens (including phenoxy) is 3. The first-order valence-electron chi connectivity index (χ1n) is 22.9. The zero-order valence-corrected chi connectivity index (χ0v) is 39.5.